The summed E-state index contributed by atoms with van der Waals surface area (Å²) in [7, 11) is 2.97. The Balaban J connectivity index is 2.26. The Kier molecular flexibility index (Phi) is 4.93. The number of carbonyl (C=O) groups excluding carboxylic acids is 2. The Labute approximate surface area is 126 Å². The second-order valence-corrected chi connectivity index (χ2v) is 5.74. The number of rotatable bonds is 7. The number of hydrogen-bond acceptors (Lipinski definition) is 6. The average molecular weight is 308 g/mol. The third-order valence-corrected chi connectivity index (χ3v) is 4.25. The number of methoxy groups -OCH3 is 2. The predicted octanol–water partition coefficient (Wildman–Crippen LogP) is 2.65. The topological polar surface area (TPSA) is 72.8 Å². The number of Topliss-reactive ketones (excluding diaryl/α,β-unsaturated/α-hetero) is 1. The predicted molar refractivity (Wildman–Crippen MR) is 80.4 cm³/mol. The van der Waals surface area contributed by atoms with Gasteiger partial charge >= 0.3 is 0 Å². The number of carbonyl (C=O) groups is 2. The number of fused-ring (bicyclic) bond motifs is 1. The van der Waals surface area contributed by atoms with Crippen LogP contribution < -0.4 is 4.74 Å². The lowest BCUT2D eigenvalue weighted by Crippen LogP contribution is -2.14. The number of ketones is 1. The van der Waals surface area contributed by atoms with E-state index in [9.17, 15) is 14.7 Å². The van der Waals surface area contributed by atoms with Crippen molar-refractivity contribution in [2.75, 3.05) is 20.8 Å². The van der Waals surface area contributed by atoms with Gasteiger partial charge in [0.2, 0.25) is 0 Å². The number of phenolic OH excluding ortho intramolecular Hbond substituents is 1. The van der Waals surface area contributed by atoms with Gasteiger partial charge in [-0.05, 0) is 17.5 Å². The van der Waals surface area contributed by atoms with Gasteiger partial charge in [0.25, 0.3) is 0 Å². The molecule has 6 heteroatoms. The van der Waals surface area contributed by atoms with E-state index in [2.05, 4.69) is 0 Å². The van der Waals surface area contributed by atoms with Crippen LogP contribution in [0.4, 0.5) is 0 Å². The van der Waals surface area contributed by atoms with Crippen LogP contribution in [0.1, 0.15) is 16.1 Å². The normalized spacial score (nSPS) is 12.3. The number of phenols is 1. The molecule has 1 N–H and O–H groups in total. The van der Waals surface area contributed by atoms with Gasteiger partial charge in [0.15, 0.2) is 17.3 Å². The Hall–Kier alpha value is -1.92. The maximum Gasteiger partial charge on any atom is 0.173 e. The van der Waals surface area contributed by atoms with E-state index in [0.717, 1.165) is 16.4 Å². The van der Waals surface area contributed by atoms with Crippen LogP contribution in [0.15, 0.2) is 18.2 Å². The first-order chi connectivity index (χ1) is 10.1. The van der Waals surface area contributed by atoms with Crippen molar-refractivity contribution < 1.29 is 24.2 Å². The van der Waals surface area contributed by atoms with Gasteiger partial charge in [-0.2, -0.15) is 0 Å². The molecule has 1 unspecified atom stereocenters. The highest BCUT2D eigenvalue weighted by atomic mass is 32.1. The van der Waals surface area contributed by atoms with Crippen molar-refractivity contribution in [1.82, 2.24) is 0 Å². The van der Waals surface area contributed by atoms with Crippen molar-refractivity contribution in [2.24, 2.45) is 5.92 Å². The minimum Gasteiger partial charge on any atom is -0.504 e. The van der Waals surface area contributed by atoms with Gasteiger partial charge in [-0.3, -0.25) is 4.79 Å². The maximum atomic E-state index is 12.2. The summed E-state index contributed by atoms with van der Waals surface area (Å²) in [4.78, 5) is 23.6. The van der Waals surface area contributed by atoms with Crippen LogP contribution >= 0.6 is 11.3 Å². The first-order valence-corrected chi connectivity index (χ1v) is 7.18. The summed E-state index contributed by atoms with van der Waals surface area (Å²) in [6.45, 7) is 0.231. The van der Waals surface area contributed by atoms with E-state index in [4.69, 9.17) is 9.47 Å². The van der Waals surface area contributed by atoms with Crippen LogP contribution in [-0.2, 0) is 9.53 Å². The van der Waals surface area contributed by atoms with Gasteiger partial charge in [-0.25, -0.2) is 0 Å². The van der Waals surface area contributed by atoms with Crippen LogP contribution in [0.25, 0.3) is 10.1 Å². The average Bonchev–Trinajstić information content (AvgIpc) is 2.88. The monoisotopic (exact) mass is 308 g/mol. The molecule has 5 nitrogen and oxygen atoms in total. The highest BCUT2D eigenvalue weighted by molar-refractivity contribution is 7.20. The number of thiophene rings is 1. The molecule has 0 bridgehead atoms. The second-order valence-electron chi connectivity index (χ2n) is 4.65. The van der Waals surface area contributed by atoms with Crippen molar-refractivity contribution in [2.45, 2.75) is 6.42 Å². The number of hydrogen-bond donors (Lipinski definition) is 1. The SMILES string of the molecule is COCC(C=O)CC(=O)c1cc2cc(O)c(OC)cc2s1. The van der Waals surface area contributed by atoms with E-state index in [1.807, 2.05) is 0 Å². The Morgan fingerprint density at radius 3 is 2.76 bits per heavy atom. The van der Waals surface area contributed by atoms with E-state index >= 15 is 0 Å². The summed E-state index contributed by atoms with van der Waals surface area (Å²) in [5.74, 6) is -0.139. The fourth-order valence-electron chi connectivity index (χ4n) is 2.06. The molecule has 1 aromatic heterocycles. The summed E-state index contributed by atoms with van der Waals surface area (Å²) < 4.78 is 10.8. The first-order valence-electron chi connectivity index (χ1n) is 6.37. The highest BCUT2D eigenvalue weighted by Crippen LogP contribution is 2.36. The molecule has 0 aliphatic rings. The smallest absolute Gasteiger partial charge is 0.173 e. The molecule has 1 atom stereocenters. The van der Waals surface area contributed by atoms with Gasteiger partial charge in [-0.1, -0.05) is 0 Å². The first kappa shape index (κ1) is 15.5. The molecule has 0 spiro atoms. The molecular weight excluding hydrogens is 292 g/mol. The molecular formula is C15H16O5S. The van der Waals surface area contributed by atoms with Gasteiger partial charge in [0.1, 0.15) is 6.29 Å². The largest absolute Gasteiger partial charge is 0.504 e. The standard InChI is InChI=1S/C15H16O5S/c1-19-8-9(7-16)3-12(18)15-5-10-4-11(17)13(20-2)6-14(10)21-15/h4-7,9,17H,3,8H2,1-2H3. The van der Waals surface area contributed by atoms with Gasteiger partial charge in [-0.15, -0.1) is 11.3 Å². The van der Waals surface area contributed by atoms with Crippen molar-refractivity contribution in [3.8, 4) is 11.5 Å². The third-order valence-electron chi connectivity index (χ3n) is 3.11. The second kappa shape index (κ2) is 6.69. The zero-order valence-corrected chi connectivity index (χ0v) is 12.6. The van der Waals surface area contributed by atoms with Crippen LogP contribution in [0.5, 0.6) is 11.5 Å². The van der Waals surface area contributed by atoms with E-state index in [-0.39, 0.29) is 24.6 Å². The summed E-state index contributed by atoms with van der Waals surface area (Å²) in [6.07, 6.45) is 0.858. The Morgan fingerprint density at radius 1 is 1.38 bits per heavy atom. The summed E-state index contributed by atoms with van der Waals surface area (Å²) in [5, 5.41) is 10.5. The lowest BCUT2D eigenvalue weighted by Gasteiger charge is -2.06. The van der Waals surface area contributed by atoms with Crippen molar-refractivity contribution in [3.05, 3.63) is 23.1 Å². The molecule has 0 radical (unpaired) electrons. The van der Waals surface area contributed by atoms with E-state index in [1.54, 1.807) is 18.2 Å². The lowest BCUT2D eigenvalue weighted by molar-refractivity contribution is -0.112. The van der Waals surface area contributed by atoms with Crippen LogP contribution in [0, 0.1) is 5.92 Å². The fraction of sp³-hybridized carbons (Fsp3) is 0.333. The molecule has 0 fully saturated rings. The fourth-order valence-corrected chi connectivity index (χ4v) is 3.08. The molecule has 0 aliphatic heterocycles. The van der Waals surface area contributed by atoms with Gasteiger partial charge < -0.3 is 19.4 Å². The molecule has 112 valence electrons. The molecule has 0 aliphatic carbocycles. The minimum absolute atomic E-state index is 0.0342. The van der Waals surface area contributed by atoms with Crippen molar-refractivity contribution in [1.29, 1.82) is 0 Å². The highest BCUT2D eigenvalue weighted by Gasteiger charge is 2.17. The molecule has 21 heavy (non-hydrogen) atoms. The number of aromatic hydroxyl groups is 1. The van der Waals surface area contributed by atoms with Crippen LogP contribution in [-0.4, -0.2) is 38.0 Å². The molecule has 2 rings (SSSR count). The molecule has 0 saturated carbocycles. The molecule has 2 aromatic rings. The van der Waals surface area contributed by atoms with E-state index in [1.165, 1.54) is 25.6 Å². The number of ether oxygens (including phenoxy) is 2. The van der Waals surface area contributed by atoms with E-state index in [0.29, 0.717) is 10.6 Å². The quantitative estimate of drug-likeness (QED) is 0.629. The van der Waals surface area contributed by atoms with Crippen molar-refractivity contribution in [3.63, 3.8) is 0 Å². The number of aldehydes is 1. The Bertz CT molecular complexity index is 661. The van der Waals surface area contributed by atoms with Crippen molar-refractivity contribution >= 4 is 33.5 Å². The summed E-state index contributed by atoms with van der Waals surface area (Å²) in [5.41, 5.74) is 0. The van der Waals surface area contributed by atoms with Crippen LogP contribution in [0.2, 0.25) is 0 Å². The maximum absolute atomic E-state index is 12.2. The van der Waals surface area contributed by atoms with Gasteiger partial charge in [0.05, 0.1) is 18.6 Å². The number of benzene rings is 1. The molecule has 0 saturated heterocycles. The zero-order chi connectivity index (χ0) is 15.4. The summed E-state index contributed by atoms with van der Waals surface area (Å²) in [6, 6.07) is 4.97. The summed E-state index contributed by atoms with van der Waals surface area (Å²) >= 11 is 1.32. The molecule has 1 aromatic carbocycles. The minimum atomic E-state index is -0.435. The zero-order valence-electron chi connectivity index (χ0n) is 11.8. The Morgan fingerprint density at radius 2 is 2.14 bits per heavy atom. The van der Waals surface area contributed by atoms with Gasteiger partial charge in [0, 0.05) is 30.2 Å². The molecule has 0 amide bonds. The van der Waals surface area contributed by atoms with Crippen LogP contribution in [0.3, 0.4) is 0 Å². The lowest BCUT2D eigenvalue weighted by atomic mass is 10.0. The third kappa shape index (κ3) is 3.40. The van der Waals surface area contributed by atoms with E-state index < -0.39 is 5.92 Å². The molecule has 1 heterocycles.